The summed E-state index contributed by atoms with van der Waals surface area (Å²) < 4.78 is 37.8. The third-order valence-electron chi connectivity index (χ3n) is 2.39. The van der Waals surface area contributed by atoms with Crippen molar-refractivity contribution in [3.05, 3.63) is 48.3 Å². The topological polar surface area (TPSA) is 34.9 Å². The number of halogens is 3. The highest BCUT2D eigenvalue weighted by Crippen LogP contribution is 2.19. The Kier molecular flexibility index (Phi) is 3.18. The van der Waals surface area contributed by atoms with Gasteiger partial charge in [0.05, 0.1) is 5.69 Å². The molecule has 18 heavy (non-hydrogen) atoms. The second kappa shape index (κ2) is 4.64. The number of Topliss-reactive ketones (excluding diaryl/α,β-unsaturated/α-hetero) is 1. The Morgan fingerprint density at radius 1 is 1.22 bits per heavy atom. The molecular weight excluding hydrogens is 245 g/mol. The third-order valence-corrected chi connectivity index (χ3v) is 2.39. The zero-order valence-corrected chi connectivity index (χ0v) is 9.19. The zero-order valence-electron chi connectivity index (χ0n) is 9.19. The van der Waals surface area contributed by atoms with Crippen LogP contribution in [-0.4, -0.2) is 21.7 Å². The Bertz CT molecular complexity index is 529. The number of ketones is 1. The van der Waals surface area contributed by atoms with Gasteiger partial charge in [-0.3, -0.25) is 4.79 Å². The summed E-state index contributed by atoms with van der Waals surface area (Å²) in [5.74, 6) is -1.74. The molecule has 2 aromatic rings. The fraction of sp³-hybridized carbons (Fsp3) is 0.167. The first-order valence-corrected chi connectivity index (χ1v) is 5.16. The summed E-state index contributed by atoms with van der Waals surface area (Å²) in [6.45, 7) is 0. The second-order valence-corrected chi connectivity index (χ2v) is 3.71. The minimum atomic E-state index is -4.78. The van der Waals surface area contributed by atoms with Crippen molar-refractivity contribution in [2.45, 2.75) is 12.6 Å². The van der Waals surface area contributed by atoms with Crippen molar-refractivity contribution in [1.82, 2.24) is 9.78 Å². The molecule has 6 heteroatoms. The van der Waals surface area contributed by atoms with E-state index in [0.29, 0.717) is 5.56 Å². The Hall–Kier alpha value is -2.11. The monoisotopic (exact) mass is 254 g/mol. The molecule has 0 spiro atoms. The summed E-state index contributed by atoms with van der Waals surface area (Å²) >= 11 is 0. The van der Waals surface area contributed by atoms with Crippen LogP contribution >= 0.6 is 0 Å². The van der Waals surface area contributed by atoms with Gasteiger partial charge in [0.15, 0.2) is 0 Å². The lowest BCUT2D eigenvalue weighted by molar-refractivity contribution is -0.170. The van der Waals surface area contributed by atoms with E-state index in [1.54, 1.807) is 35.3 Å². The number of nitrogens with zero attached hydrogens (tertiary/aromatic N) is 2. The Morgan fingerprint density at radius 3 is 2.39 bits per heavy atom. The maximum atomic E-state index is 12.1. The van der Waals surface area contributed by atoms with Crippen LogP contribution in [0.1, 0.15) is 5.56 Å². The number of carbonyl (C=O) groups is 1. The van der Waals surface area contributed by atoms with Gasteiger partial charge in [0.1, 0.15) is 0 Å². The fourth-order valence-corrected chi connectivity index (χ4v) is 1.47. The molecule has 3 nitrogen and oxygen atoms in total. The number of alkyl halides is 3. The molecular formula is C12H9F3N2O. The lowest BCUT2D eigenvalue weighted by Crippen LogP contribution is -2.24. The smallest absolute Gasteiger partial charge is 0.289 e. The molecule has 0 atom stereocenters. The molecule has 0 fully saturated rings. The number of aromatic nitrogens is 2. The van der Waals surface area contributed by atoms with Gasteiger partial charge in [0.25, 0.3) is 0 Å². The van der Waals surface area contributed by atoms with Crippen LogP contribution in [0.25, 0.3) is 5.69 Å². The van der Waals surface area contributed by atoms with Crippen LogP contribution in [0.3, 0.4) is 0 Å². The largest absolute Gasteiger partial charge is 0.450 e. The van der Waals surface area contributed by atoms with Crippen molar-refractivity contribution in [2.75, 3.05) is 0 Å². The quantitative estimate of drug-likeness (QED) is 0.843. The van der Waals surface area contributed by atoms with Crippen LogP contribution in [0.2, 0.25) is 0 Å². The molecule has 1 aromatic carbocycles. The van der Waals surface area contributed by atoms with Crippen molar-refractivity contribution in [1.29, 1.82) is 0 Å². The standard InChI is InChI=1S/C12H9F3N2O/c13-12(14,15)11(18)8-9-2-4-10(5-3-9)17-7-1-6-16-17/h1-7H,8H2. The molecule has 0 amide bonds. The van der Waals surface area contributed by atoms with Gasteiger partial charge >= 0.3 is 6.18 Å². The van der Waals surface area contributed by atoms with E-state index >= 15 is 0 Å². The van der Waals surface area contributed by atoms with Crippen molar-refractivity contribution in [2.24, 2.45) is 0 Å². The normalized spacial score (nSPS) is 11.5. The molecule has 94 valence electrons. The van der Waals surface area contributed by atoms with Crippen LogP contribution < -0.4 is 0 Å². The molecule has 0 radical (unpaired) electrons. The van der Waals surface area contributed by atoms with E-state index in [9.17, 15) is 18.0 Å². The van der Waals surface area contributed by atoms with Gasteiger partial charge in [-0.1, -0.05) is 12.1 Å². The van der Waals surface area contributed by atoms with Crippen molar-refractivity contribution in [3.8, 4) is 5.69 Å². The summed E-state index contributed by atoms with van der Waals surface area (Å²) in [4.78, 5) is 10.8. The number of hydrogen-bond donors (Lipinski definition) is 0. The lowest BCUT2D eigenvalue weighted by atomic mass is 10.1. The average molecular weight is 254 g/mol. The molecule has 0 bridgehead atoms. The third kappa shape index (κ3) is 2.77. The molecule has 0 unspecified atom stereocenters. The molecule has 1 aromatic heterocycles. The first-order chi connectivity index (χ1) is 8.47. The summed E-state index contributed by atoms with van der Waals surface area (Å²) in [6, 6.07) is 7.94. The maximum Gasteiger partial charge on any atom is 0.450 e. The predicted molar refractivity (Wildman–Crippen MR) is 58.3 cm³/mol. The summed E-state index contributed by atoms with van der Waals surface area (Å²) in [6.07, 6.45) is -2.10. The second-order valence-electron chi connectivity index (χ2n) is 3.71. The van der Waals surface area contributed by atoms with Crippen molar-refractivity contribution in [3.63, 3.8) is 0 Å². The van der Waals surface area contributed by atoms with Crippen LogP contribution in [0.15, 0.2) is 42.7 Å². The van der Waals surface area contributed by atoms with E-state index in [1.165, 1.54) is 12.1 Å². The van der Waals surface area contributed by atoms with Gasteiger partial charge in [-0.05, 0) is 23.8 Å². The van der Waals surface area contributed by atoms with Gasteiger partial charge < -0.3 is 0 Å². The first-order valence-electron chi connectivity index (χ1n) is 5.16. The Balaban J connectivity index is 2.12. The van der Waals surface area contributed by atoms with Crippen LogP contribution in [0.4, 0.5) is 13.2 Å². The zero-order chi connectivity index (χ0) is 13.2. The molecule has 0 aliphatic rings. The van der Waals surface area contributed by atoms with Gasteiger partial charge in [-0.2, -0.15) is 18.3 Å². The Labute approximate surface area is 101 Å². The van der Waals surface area contributed by atoms with E-state index in [4.69, 9.17) is 0 Å². The molecule has 0 saturated carbocycles. The van der Waals surface area contributed by atoms with E-state index in [0.717, 1.165) is 5.69 Å². The minimum Gasteiger partial charge on any atom is -0.289 e. The number of benzene rings is 1. The van der Waals surface area contributed by atoms with Gasteiger partial charge in [0.2, 0.25) is 5.78 Å². The predicted octanol–water partition coefficient (Wildman–Crippen LogP) is 2.55. The first kappa shape index (κ1) is 12.3. The summed E-state index contributed by atoms with van der Waals surface area (Å²) in [5.41, 5.74) is 1.05. The highest BCUT2D eigenvalue weighted by molar-refractivity contribution is 5.86. The summed E-state index contributed by atoms with van der Waals surface area (Å²) in [7, 11) is 0. The van der Waals surface area contributed by atoms with Gasteiger partial charge in [-0.15, -0.1) is 0 Å². The van der Waals surface area contributed by atoms with E-state index in [-0.39, 0.29) is 0 Å². The van der Waals surface area contributed by atoms with E-state index in [1.807, 2.05) is 0 Å². The number of carbonyl (C=O) groups excluding carboxylic acids is 1. The maximum absolute atomic E-state index is 12.1. The van der Waals surface area contributed by atoms with Gasteiger partial charge in [0, 0.05) is 18.8 Å². The molecule has 0 N–H and O–H groups in total. The SMILES string of the molecule is O=C(Cc1ccc(-n2cccn2)cc1)C(F)(F)F. The lowest BCUT2D eigenvalue weighted by Gasteiger charge is -2.06. The minimum absolute atomic E-state index is 0.327. The average Bonchev–Trinajstić information content (AvgIpc) is 2.82. The van der Waals surface area contributed by atoms with Crippen molar-refractivity contribution < 1.29 is 18.0 Å². The number of rotatable bonds is 3. The van der Waals surface area contributed by atoms with Crippen LogP contribution in [0, 0.1) is 0 Å². The van der Waals surface area contributed by atoms with E-state index < -0.39 is 18.4 Å². The fourth-order valence-electron chi connectivity index (χ4n) is 1.47. The highest BCUT2D eigenvalue weighted by atomic mass is 19.4. The van der Waals surface area contributed by atoms with Crippen LogP contribution in [0.5, 0.6) is 0 Å². The summed E-state index contributed by atoms with van der Waals surface area (Å²) in [5, 5.41) is 3.99. The molecule has 1 heterocycles. The van der Waals surface area contributed by atoms with Gasteiger partial charge in [-0.25, -0.2) is 4.68 Å². The molecule has 2 rings (SSSR count). The molecule has 0 aliphatic carbocycles. The van der Waals surface area contributed by atoms with Crippen LogP contribution in [-0.2, 0) is 11.2 Å². The molecule has 0 saturated heterocycles. The van der Waals surface area contributed by atoms with Crippen molar-refractivity contribution >= 4 is 5.78 Å². The van der Waals surface area contributed by atoms with E-state index in [2.05, 4.69) is 5.10 Å². The number of hydrogen-bond acceptors (Lipinski definition) is 2. The molecule has 0 aliphatic heterocycles. The highest BCUT2D eigenvalue weighted by Gasteiger charge is 2.37. The Morgan fingerprint density at radius 2 is 1.89 bits per heavy atom.